The predicted octanol–water partition coefficient (Wildman–Crippen LogP) is 3.54. The number of anilines is 1. The lowest BCUT2D eigenvalue weighted by Crippen LogP contribution is -2.33. The van der Waals surface area contributed by atoms with E-state index >= 15 is 0 Å². The molecule has 1 saturated carbocycles. The Morgan fingerprint density at radius 1 is 1.40 bits per heavy atom. The summed E-state index contributed by atoms with van der Waals surface area (Å²) in [6.45, 7) is 3.00. The van der Waals surface area contributed by atoms with Crippen LogP contribution in [-0.2, 0) is 0 Å². The van der Waals surface area contributed by atoms with Gasteiger partial charge in [-0.25, -0.2) is 9.78 Å². The summed E-state index contributed by atoms with van der Waals surface area (Å²) in [6.07, 6.45) is 3.64. The first-order chi connectivity index (χ1) is 9.57. The fraction of sp³-hybridized carbons (Fsp3) is 0.375. The van der Waals surface area contributed by atoms with Gasteiger partial charge < -0.3 is 10.4 Å². The van der Waals surface area contributed by atoms with Gasteiger partial charge in [0.05, 0.1) is 5.52 Å². The van der Waals surface area contributed by atoms with Crippen LogP contribution in [0.15, 0.2) is 30.3 Å². The van der Waals surface area contributed by atoms with Crippen molar-refractivity contribution in [3.63, 3.8) is 0 Å². The Labute approximate surface area is 117 Å². The van der Waals surface area contributed by atoms with Crippen LogP contribution in [0.2, 0.25) is 0 Å². The summed E-state index contributed by atoms with van der Waals surface area (Å²) in [7, 11) is 0. The number of carboxylic acids is 1. The Bertz CT molecular complexity index is 663. The van der Waals surface area contributed by atoms with Gasteiger partial charge in [-0.3, -0.25) is 0 Å². The highest BCUT2D eigenvalue weighted by Crippen LogP contribution is 2.40. The van der Waals surface area contributed by atoms with E-state index in [1.807, 2.05) is 24.3 Å². The molecule has 0 unspecified atom stereocenters. The lowest BCUT2D eigenvalue weighted by molar-refractivity contribution is 0.0697. The summed E-state index contributed by atoms with van der Waals surface area (Å²) in [6, 6.07) is 9.27. The highest BCUT2D eigenvalue weighted by atomic mass is 16.4. The smallest absolute Gasteiger partial charge is 0.339 e. The van der Waals surface area contributed by atoms with E-state index in [0.717, 1.165) is 17.4 Å². The van der Waals surface area contributed by atoms with Crippen LogP contribution in [-0.4, -0.2) is 22.6 Å². The van der Waals surface area contributed by atoms with E-state index in [-0.39, 0.29) is 11.0 Å². The first kappa shape index (κ1) is 12.9. The van der Waals surface area contributed by atoms with Gasteiger partial charge >= 0.3 is 5.97 Å². The van der Waals surface area contributed by atoms with Crippen molar-refractivity contribution in [2.75, 3.05) is 11.9 Å². The van der Waals surface area contributed by atoms with Crippen LogP contribution in [0.1, 0.15) is 36.5 Å². The van der Waals surface area contributed by atoms with Gasteiger partial charge in [-0.15, -0.1) is 0 Å². The molecule has 0 aliphatic heterocycles. The Hall–Kier alpha value is -2.10. The minimum absolute atomic E-state index is 0.242. The van der Waals surface area contributed by atoms with Crippen molar-refractivity contribution in [1.82, 2.24) is 4.98 Å². The zero-order chi connectivity index (χ0) is 14.2. The van der Waals surface area contributed by atoms with Crippen molar-refractivity contribution in [2.24, 2.45) is 5.41 Å². The average molecular weight is 270 g/mol. The van der Waals surface area contributed by atoms with Gasteiger partial charge in [0.25, 0.3) is 0 Å². The van der Waals surface area contributed by atoms with Gasteiger partial charge in [0, 0.05) is 11.9 Å². The monoisotopic (exact) mass is 270 g/mol. The van der Waals surface area contributed by atoms with E-state index in [9.17, 15) is 9.90 Å². The molecule has 1 heterocycles. The van der Waals surface area contributed by atoms with Gasteiger partial charge in [0.2, 0.25) is 0 Å². The Morgan fingerprint density at radius 3 is 2.80 bits per heavy atom. The number of fused-ring (bicyclic) bond motifs is 1. The molecule has 1 aliphatic rings. The maximum atomic E-state index is 11.4. The van der Waals surface area contributed by atoms with Gasteiger partial charge in [-0.1, -0.05) is 31.5 Å². The van der Waals surface area contributed by atoms with Crippen molar-refractivity contribution < 1.29 is 9.90 Å². The third kappa shape index (κ3) is 2.33. The number of pyridine rings is 1. The van der Waals surface area contributed by atoms with Crippen molar-refractivity contribution in [2.45, 2.75) is 26.2 Å². The molecule has 0 spiro atoms. The summed E-state index contributed by atoms with van der Waals surface area (Å²) in [5.41, 5.74) is 1.34. The molecule has 2 N–H and O–H groups in total. The zero-order valence-electron chi connectivity index (χ0n) is 11.5. The lowest BCUT2D eigenvalue weighted by atomic mass is 9.70. The van der Waals surface area contributed by atoms with Crippen molar-refractivity contribution in [3.8, 4) is 0 Å². The first-order valence-corrected chi connectivity index (χ1v) is 6.94. The summed E-state index contributed by atoms with van der Waals surface area (Å²) < 4.78 is 0. The minimum Gasteiger partial charge on any atom is -0.478 e. The number of nitrogens with one attached hydrogen (secondary N) is 1. The second kappa shape index (κ2) is 4.78. The Morgan fingerprint density at radius 2 is 2.15 bits per heavy atom. The van der Waals surface area contributed by atoms with Gasteiger partial charge in [-0.05, 0) is 30.4 Å². The first-order valence-electron chi connectivity index (χ1n) is 6.94. The summed E-state index contributed by atoms with van der Waals surface area (Å²) in [5, 5.41) is 13.4. The molecular weight excluding hydrogens is 252 g/mol. The van der Waals surface area contributed by atoms with Crippen molar-refractivity contribution in [1.29, 1.82) is 0 Å². The summed E-state index contributed by atoms with van der Waals surface area (Å²) in [4.78, 5) is 15.9. The molecule has 20 heavy (non-hydrogen) atoms. The average Bonchev–Trinajstić information content (AvgIpc) is 2.42. The van der Waals surface area contributed by atoms with Crippen LogP contribution in [0, 0.1) is 5.41 Å². The fourth-order valence-corrected chi connectivity index (χ4v) is 2.67. The molecule has 3 rings (SSSR count). The molecule has 2 aromatic rings. The molecule has 1 aliphatic carbocycles. The van der Waals surface area contributed by atoms with Crippen LogP contribution >= 0.6 is 0 Å². The normalized spacial score (nSPS) is 16.6. The van der Waals surface area contributed by atoms with Crippen LogP contribution in [0.4, 0.5) is 5.82 Å². The second-order valence-electron chi connectivity index (χ2n) is 5.90. The van der Waals surface area contributed by atoms with Gasteiger partial charge in [0.1, 0.15) is 11.4 Å². The van der Waals surface area contributed by atoms with Crippen LogP contribution in [0.3, 0.4) is 0 Å². The number of carboxylic acid groups (broad SMARTS) is 1. The number of rotatable bonds is 4. The maximum Gasteiger partial charge on any atom is 0.339 e. The number of hydrogen-bond acceptors (Lipinski definition) is 3. The summed E-state index contributed by atoms with van der Waals surface area (Å²) in [5.74, 6) is -0.464. The number of nitrogens with zero attached hydrogens (tertiary/aromatic N) is 1. The number of hydrogen-bond donors (Lipinski definition) is 2. The SMILES string of the molecule is CC1(CNc2nc3ccccc3cc2C(=O)O)CCC1. The maximum absolute atomic E-state index is 11.4. The molecule has 1 aromatic heterocycles. The third-order valence-electron chi connectivity index (χ3n) is 4.20. The van der Waals surface area contributed by atoms with E-state index in [2.05, 4.69) is 17.2 Å². The van der Waals surface area contributed by atoms with Crippen molar-refractivity contribution >= 4 is 22.7 Å². The number of aromatic nitrogens is 1. The molecule has 1 fully saturated rings. The minimum atomic E-state index is -0.940. The molecular formula is C16H18N2O2. The van der Waals surface area contributed by atoms with E-state index in [1.165, 1.54) is 19.3 Å². The molecule has 0 amide bonds. The molecule has 4 heteroatoms. The van der Waals surface area contributed by atoms with Crippen LogP contribution in [0.25, 0.3) is 10.9 Å². The number of aromatic carboxylic acids is 1. The largest absolute Gasteiger partial charge is 0.478 e. The molecule has 0 radical (unpaired) electrons. The molecule has 0 atom stereocenters. The topological polar surface area (TPSA) is 62.2 Å². The molecule has 0 saturated heterocycles. The molecule has 0 bridgehead atoms. The predicted molar refractivity (Wildman–Crippen MR) is 79.2 cm³/mol. The molecule has 104 valence electrons. The van der Waals surface area contributed by atoms with Gasteiger partial charge in [-0.2, -0.15) is 0 Å². The molecule has 1 aromatic carbocycles. The number of benzene rings is 1. The van der Waals surface area contributed by atoms with E-state index in [4.69, 9.17) is 0 Å². The molecule has 4 nitrogen and oxygen atoms in total. The van der Waals surface area contributed by atoms with Crippen LogP contribution < -0.4 is 5.32 Å². The van der Waals surface area contributed by atoms with Gasteiger partial charge in [0.15, 0.2) is 0 Å². The zero-order valence-corrected chi connectivity index (χ0v) is 11.5. The third-order valence-corrected chi connectivity index (χ3v) is 4.20. The Kier molecular flexibility index (Phi) is 3.08. The summed E-state index contributed by atoms with van der Waals surface area (Å²) >= 11 is 0. The number of para-hydroxylation sites is 1. The van der Waals surface area contributed by atoms with E-state index in [1.54, 1.807) is 6.07 Å². The lowest BCUT2D eigenvalue weighted by Gasteiger charge is -2.38. The van der Waals surface area contributed by atoms with E-state index < -0.39 is 5.97 Å². The number of carbonyl (C=O) groups is 1. The standard InChI is InChI=1S/C16H18N2O2/c1-16(7-4-8-16)10-17-14-12(15(19)20)9-11-5-2-3-6-13(11)18-14/h2-3,5-6,9H,4,7-8,10H2,1H3,(H,17,18)(H,19,20). The Balaban J connectivity index is 1.94. The highest BCUT2D eigenvalue weighted by Gasteiger charge is 2.31. The van der Waals surface area contributed by atoms with Crippen molar-refractivity contribution in [3.05, 3.63) is 35.9 Å². The van der Waals surface area contributed by atoms with E-state index in [0.29, 0.717) is 5.82 Å². The quantitative estimate of drug-likeness (QED) is 0.892. The fourth-order valence-electron chi connectivity index (χ4n) is 2.67. The second-order valence-corrected chi connectivity index (χ2v) is 5.90. The van der Waals surface area contributed by atoms with Crippen LogP contribution in [0.5, 0.6) is 0 Å². The highest BCUT2D eigenvalue weighted by molar-refractivity contribution is 5.98.